The van der Waals surface area contributed by atoms with Gasteiger partial charge in [0.15, 0.2) is 0 Å². The maximum absolute atomic E-state index is 13.7. The van der Waals surface area contributed by atoms with Gasteiger partial charge in [0.2, 0.25) is 5.91 Å². The highest BCUT2D eigenvalue weighted by atomic mass is 16.5. The van der Waals surface area contributed by atoms with E-state index < -0.39 is 0 Å². The summed E-state index contributed by atoms with van der Waals surface area (Å²) in [6.07, 6.45) is 8.56. The highest BCUT2D eigenvalue weighted by molar-refractivity contribution is 5.97. The minimum absolute atomic E-state index is 0.00868. The normalized spacial score (nSPS) is 22.0. The van der Waals surface area contributed by atoms with Gasteiger partial charge in [0.1, 0.15) is 0 Å². The van der Waals surface area contributed by atoms with E-state index in [9.17, 15) is 9.59 Å². The van der Waals surface area contributed by atoms with Crippen LogP contribution in [0.15, 0.2) is 79.6 Å². The summed E-state index contributed by atoms with van der Waals surface area (Å²) in [5, 5.41) is 7.65. The summed E-state index contributed by atoms with van der Waals surface area (Å²) in [7, 11) is 0. The average molecular weight is 497 g/mol. The molecule has 1 saturated carbocycles. The topological polar surface area (TPSA) is 76.5 Å². The SMILES string of the molecule is C=CCO[C@H]1[C@H](NC(=O)C2CC2)c2ccccc2C12CCN(C(=O)c1ccccc1-n1cccn1)CC2. The molecule has 3 aliphatic rings. The molecule has 1 saturated heterocycles. The molecule has 2 amide bonds. The summed E-state index contributed by atoms with van der Waals surface area (Å²) in [5.74, 6) is 0.249. The van der Waals surface area contributed by atoms with E-state index in [1.165, 1.54) is 5.56 Å². The molecule has 2 heterocycles. The highest BCUT2D eigenvalue weighted by Gasteiger charge is 2.55. The van der Waals surface area contributed by atoms with Crippen LogP contribution in [0.2, 0.25) is 0 Å². The lowest BCUT2D eigenvalue weighted by atomic mass is 9.71. The molecule has 2 aliphatic carbocycles. The number of aromatic nitrogens is 2. The van der Waals surface area contributed by atoms with Crippen LogP contribution in [0.3, 0.4) is 0 Å². The van der Waals surface area contributed by atoms with Crippen molar-refractivity contribution in [2.45, 2.75) is 43.2 Å². The van der Waals surface area contributed by atoms with Crippen molar-refractivity contribution in [1.29, 1.82) is 0 Å². The van der Waals surface area contributed by atoms with Crippen molar-refractivity contribution in [2.24, 2.45) is 5.92 Å². The number of hydrogen-bond donors (Lipinski definition) is 1. The third-order valence-electron chi connectivity index (χ3n) is 8.15. The van der Waals surface area contributed by atoms with E-state index in [2.05, 4.69) is 35.2 Å². The van der Waals surface area contributed by atoms with Gasteiger partial charge in [-0.3, -0.25) is 9.59 Å². The number of likely N-dealkylation sites (tertiary alicyclic amines) is 1. The first kappa shape index (κ1) is 23.7. The molecule has 0 bridgehead atoms. The fraction of sp³-hybridized carbons (Fsp3) is 0.367. The Kier molecular flexibility index (Phi) is 6.16. The number of piperidine rings is 1. The number of para-hydroxylation sites is 1. The zero-order valence-corrected chi connectivity index (χ0v) is 20.9. The Balaban J connectivity index is 1.28. The van der Waals surface area contributed by atoms with Crippen LogP contribution >= 0.6 is 0 Å². The predicted octanol–water partition coefficient (Wildman–Crippen LogP) is 4.20. The lowest BCUT2D eigenvalue weighted by molar-refractivity contribution is -0.125. The molecular formula is C30H32N4O3. The molecule has 2 atom stereocenters. The van der Waals surface area contributed by atoms with Crippen molar-refractivity contribution in [3.05, 3.63) is 96.3 Å². The van der Waals surface area contributed by atoms with Crippen LogP contribution in [0.5, 0.6) is 0 Å². The van der Waals surface area contributed by atoms with Crippen molar-refractivity contribution < 1.29 is 14.3 Å². The second-order valence-electron chi connectivity index (χ2n) is 10.3. The number of rotatable bonds is 7. The lowest BCUT2D eigenvalue weighted by Gasteiger charge is -2.44. The number of ether oxygens (including phenoxy) is 1. The zero-order valence-electron chi connectivity index (χ0n) is 20.9. The molecule has 0 radical (unpaired) electrons. The van der Waals surface area contributed by atoms with Crippen LogP contribution < -0.4 is 5.32 Å². The first-order chi connectivity index (χ1) is 18.1. The van der Waals surface area contributed by atoms with Crippen molar-refractivity contribution in [3.8, 4) is 5.69 Å². The molecular weight excluding hydrogens is 464 g/mol. The smallest absolute Gasteiger partial charge is 0.256 e. The largest absolute Gasteiger partial charge is 0.371 e. The number of amides is 2. The Bertz CT molecular complexity index is 1310. The third-order valence-corrected chi connectivity index (χ3v) is 8.15. The lowest BCUT2D eigenvalue weighted by Crippen LogP contribution is -2.52. The number of benzene rings is 2. The molecule has 37 heavy (non-hydrogen) atoms. The molecule has 2 fully saturated rings. The summed E-state index contributed by atoms with van der Waals surface area (Å²) in [4.78, 5) is 28.5. The van der Waals surface area contributed by atoms with Gasteiger partial charge in [0.25, 0.3) is 5.91 Å². The second kappa shape index (κ2) is 9.63. The Morgan fingerprint density at radius 1 is 1.08 bits per heavy atom. The minimum Gasteiger partial charge on any atom is -0.371 e. The van der Waals surface area contributed by atoms with Crippen molar-refractivity contribution in [1.82, 2.24) is 20.0 Å². The van der Waals surface area contributed by atoms with Crippen LogP contribution in [0, 0.1) is 5.92 Å². The molecule has 1 aromatic heterocycles. The first-order valence-electron chi connectivity index (χ1n) is 13.1. The molecule has 6 rings (SSSR count). The Morgan fingerprint density at radius 3 is 2.57 bits per heavy atom. The number of carbonyl (C=O) groups is 2. The van der Waals surface area contributed by atoms with E-state index in [1.54, 1.807) is 17.0 Å². The average Bonchev–Trinajstić information content (AvgIpc) is 3.60. The van der Waals surface area contributed by atoms with Gasteiger partial charge in [0, 0.05) is 36.8 Å². The number of fused-ring (bicyclic) bond motifs is 2. The van der Waals surface area contributed by atoms with Crippen LogP contribution in [0.25, 0.3) is 5.69 Å². The molecule has 1 aliphatic heterocycles. The molecule has 7 nitrogen and oxygen atoms in total. The molecule has 7 heteroatoms. The molecule has 3 aromatic rings. The van der Waals surface area contributed by atoms with E-state index in [-0.39, 0.29) is 35.3 Å². The second-order valence-corrected chi connectivity index (χ2v) is 10.3. The van der Waals surface area contributed by atoms with Crippen LogP contribution in [-0.4, -0.2) is 52.3 Å². The van der Waals surface area contributed by atoms with Crippen molar-refractivity contribution in [2.75, 3.05) is 19.7 Å². The summed E-state index contributed by atoms with van der Waals surface area (Å²) in [5.41, 5.74) is 3.50. The summed E-state index contributed by atoms with van der Waals surface area (Å²) in [6.45, 7) is 5.49. The Labute approximate surface area is 217 Å². The number of carbonyl (C=O) groups excluding carboxylic acids is 2. The fourth-order valence-electron chi connectivity index (χ4n) is 6.15. The van der Waals surface area contributed by atoms with Gasteiger partial charge in [-0.25, -0.2) is 4.68 Å². The summed E-state index contributed by atoms with van der Waals surface area (Å²) >= 11 is 0. The highest BCUT2D eigenvalue weighted by Crippen LogP contribution is 2.52. The number of hydrogen-bond acceptors (Lipinski definition) is 4. The van der Waals surface area contributed by atoms with Gasteiger partial charge >= 0.3 is 0 Å². The first-order valence-corrected chi connectivity index (χ1v) is 13.1. The van der Waals surface area contributed by atoms with E-state index in [0.29, 0.717) is 25.3 Å². The van der Waals surface area contributed by atoms with Crippen molar-refractivity contribution >= 4 is 11.8 Å². The standard InChI is InChI=1S/C30H32N4O3/c1-2-20-37-27-26(32-28(35)21-12-13-21)22-8-3-5-10-24(22)30(27)14-18-33(19-15-30)29(36)23-9-4-6-11-25(23)34-17-7-16-31-34/h2-11,16-17,21,26-27H,1,12-15,18-20H2,(H,32,35)/t26-,27+/m1/s1. The maximum atomic E-state index is 13.7. The minimum atomic E-state index is -0.278. The molecule has 0 unspecified atom stereocenters. The van der Waals surface area contributed by atoms with Gasteiger partial charge in [-0.1, -0.05) is 42.5 Å². The maximum Gasteiger partial charge on any atom is 0.256 e. The number of nitrogens with zero attached hydrogens (tertiary/aromatic N) is 3. The van der Waals surface area contributed by atoms with E-state index >= 15 is 0 Å². The van der Waals surface area contributed by atoms with Crippen LogP contribution in [0.4, 0.5) is 0 Å². The van der Waals surface area contributed by atoms with Gasteiger partial charge in [-0.05, 0) is 55.0 Å². The summed E-state index contributed by atoms with van der Waals surface area (Å²) < 4.78 is 8.18. The van der Waals surface area contributed by atoms with Gasteiger partial charge in [0.05, 0.1) is 30.0 Å². The van der Waals surface area contributed by atoms with E-state index in [4.69, 9.17) is 4.74 Å². The van der Waals surface area contributed by atoms with E-state index in [1.807, 2.05) is 47.5 Å². The van der Waals surface area contributed by atoms with Gasteiger partial charge in [-0.15, -0.1) is 6.58 Å². The zero-order chi connectivity index (χ0) is 25.4. The molecule has 190 valence electrons. The Hall–Kier alpha value is -3.71. The Morgan fingerprint density at radius 2 is 1.84 bits per heavy atom. The summed E-state index contributed by atoms with van der Waals surface area (Å²) in [6, 6.07) is 17.6. The van der Waals surface area contributed by atoms with Crippen LogP contribution in [0.1, 0.15) is 53.2 Å². The predicted molar refractivity (Wildman–Crippen MR) is 140 cm³/mol. The van der Waals surface area contributed by atoms with Gasteiger partial charge < -0.3 is 15.0 Å². The van der Waals surface area contributed by atoms with Crippen LogP contribution in [-0.2, 0) is 14.9 Å². The van der Waals surface area contributed by atoms with E-state index in [0.717, 1.165) is 36.9 Å². The van der Waals surface area contributed by atoms with Gasteiger partial charge in [-0.2, -0.15) is 5.10 Å². The molecule has 2 aromatic carbocycles. The third kappa shape index (κ3) is 4.17. The fourth-order valence-corrected chi connectivity index (χ4v) is 6.15. The quantitative estimate of drug-likeness (QED) is 0.498. The number of nitrogens with one attached hydrogen (secondary N) is 1. The molecule has 1 N–H and O–H groups in total. The molecule has 1 spiro atoms. The monoisotopic (exact) mass is 496 g/mol. The van der Waals surface area contributed by atoms with Crippen molar-refractivity contribution in [3.63, 3.8) is 0 Å².